The fraction of sp³-hybridized carbons (Fsp3) is 1.00. The van der Waals surface area contributed by atoms with Crippen LogP contribution in [0.15, 0.2) is 0 Å². The molecule has 0 fully saturated rings. The molecular weight excluding hydrogens is 771 g/mol. The van der Waals surface area contributed by atoms with Crippen LogP contribution in [0, 0.1) is 0 Å². The van der Waals surface area contributed by atoms with Crippen LogP contribution in [0.1, 0.15) is 328 Å². The monoisotopic (exact) mass is 885 g/mol. The van der Waals surface area contributed by atoms with Crippen molar-refractivity contribution in [3.8, 4) is 0 Å². The maximum absolute atomic E-state index is 4.00. The van der Waals surface area contributed by atoms with Gasteiger partial charge in [-0.05, 0) is 0 Å². The molecule has 0 rings (SSSR count). The summed E-state index contributed by atoms with van der Waals surface area (Å²) in [7, 11) is 0. The molecule has 0 aromatic rings. The Hall–Kier alpha value is 0.910. The van der Waals surface area contributed by atoms with E-state index in [4.69, 9.17) is 0 Å². The number of halogens is 1. The van der Waals surface area contributed by atoms with Gasteiger partial charge in [-0.1, -0.05) is 257 Å². The predicted molar refractivity (Wildman–Crippen MR) is 275 cm³/mol. The Bertz CT molecular complexity index is 715. The van der Waals surface area contributed by atoms with Gasteiger partial charge in [0.2, 0.25) is 0 Å². The van der Waals surface area contributed by atoms with Gasteiger partial charge in [0, 0.05) is 0 Å². The van der Waals surface area contributed by atoms with Gasteiger partial charge < -0.3 is 0 Å². The number of hydrogen-bond acceptors (Lipinski definition) is 0. The van der Waals surface area contributed by atoms with E-state index in [1.165, 1.54) is 327 Å². The van der Waals surface area contributed by atoms with Crippen LogP contribution in [-0.2, 0) is 0 Å². The van der Waals surface area contributed by atoms with E-state index in [9.17, 15) is 0 Å². The molecule has 0 atom stereocenters. The molecule has 0 aromatic carbocycles. The van der Waals surface area contributed by atoms with Crippen LogP contribution in [0.3, 0.4) is 0 Å². The topological polar surface area (TPSA) is 0 Å². The second kappa shape index (κ2) is 46.4. The van der Waals surface area contributed by atoms with E-state index in [-0.39, 0.29) is 0 Å². The third kappa shape index (κ3) is 56.9. The predicted octanol–water partition coefficient (Wildman–Crippen LogP) is 22.3. The third-order valence-corrected chi connectivity index (χ3v) is 16.2. The van der Waals surface area contributed by atoms with E-state index in [2.05, 4.69) is 42.4 Å². The van der Waals surface area contributed by atoms with Crippen molar-refractivity contribution in [2.75, 3.05) is 26.2 Å². The molecule has 0 nitrogen and oxygen atoms in total. The van der Waals surface area contributed by atoms with Crippen LogP contribution in [0.5, 0.6) is 0 Å². The van der Waals surface area contributed by atoms with Crippen molar-refractivity contribution in [2.24, 2.45) is 0 Å². The molecule has 0 heterocycles. The van der Waals surface area contributed by atoms with Gasteiger partial charge in [0.1, 0.15) is 0 Å². The Balaban J connectivity index is 3.08. The molecule has 0 N–H and O–H groups in total. The zero-order valence-electron chi connectivity index (χ0n) is 40.9. The molecule has 346 valence electrons. The quantitative estimate of drug-likeness (QED) is 0.0422. The minimum absolute atomic E-state index is 1.37. The Morgan fingerprint density at radius 3 is 0.404 bits per heavy atom. The molecule has 0 spiro atoms. The summed E-state index contributed by atoms with van der Waals surface area (Å²) in [6, 6.07) is 0. The van der Waals surface area contributed by atoms with E-state index in [1.807, 2.05) is 0 Å². The van der Waals surface area contributed by atoms with Crippen molar-refractivity contribution in [1.29, 1.82) is 0 Å². The summed E-state index contributed by atoms with van der Waals surface area (Å²) in [5.74, 6) is 0. The standard InChI is InChI=1S/C55H114BrP/c1-5-6-7-8-9-10-11-12-13-14-15-16-17-18-19-20-21-22-23-24-25-26-27-28-29-30-31-32-33-34-35-36-37-38-39-40-41-42-43-44-45-46-47-48-49-50-51-52-53-54-55-57(2,3,4)56/h5-55H2,1-4H3. The van der Waals surface area contributed by atoms with E-state index < -0.39 is 5.31 Å². The van der Waals surface area contributed by atoms with E-state index in [0.717, 1.165) is 0 Å². The number of hydrogen-bond donors (Lipinski definition) is 0. The molecule has 0 bridgehead atoms. The summed E-state index contributed by atoms with van der Waals surface area (Å²) >= 11 is 4.00. The summed E-state index contributed by atoms with van der Waals surface area (Å²) in [6.07, 6.45) is 75.7. The Kier molecular flexibility index (Phi) is 47.2. The molecule has 0 unspecified atom stereocenters. The first-order chi connectivity index (χ1) is 27.8. The van der Waals surface area contributed by atoms with Crippen molar-refractivity contribution < 1.29 is 0 Å². The summed E-state index contributed by atoms with van der Waals surface area (Å²) in [4.78, 5) is 0. The first-order valence-corrected chi connectivity index (χ1v) is 33.3. The van der Waals surface area contributed by atoms with Crippen molar-refractivity contribution in [2.45, 2.75) is 328 Å². The van der Waals surface area contributed by atoms with Gasteiger partial charge in [-0.25, -0.2) is 0 Å². The average molecular weight is 886 g/mol. The van der Waals surface area contributed by atoms with Gasteiger partial charge in [-0.3, -0.25) is 0 Å². The molecule has 0 saturated heterocycles. The number of rotatable bonds is 51. The van der Waals surface area contributed by atoms with E-state index >= 15 is 0 Å². The van der Waals surface area contributed by atoms with Crippen molar-refractivity contribution >= 4 is 20.8 Å². The van der Waals surface area contributed by atoms with Gasteiger partial charge in [0.05, 0.1) is 0 Å². The average Bonchev–Trinajstić information content (AvgIpc) is 3.18. The molecule has 0 aliphatic carbocycles. The Morgan fingerprint density at radius 2 is 0.298 bits per heavy atom. The zero-order chi connectivity index (χ0) is 41.5. The van der Waals surface area contributed by atoms with Gasteiger partial charge in [0.15, 0.2) is 0 Å². The second-order valence-corrected chi connectivity index (χ2v) is 35.1. The Labute approximate surface area is 373 Å². The fourth-order valence-corrected chi connectivity index (χ4v) is 11.2. The third-order valence-electron chi connectivity index (χ3n) is 13.3. The first-order valence-electron chi connectivity index (χ1n) is 27.5. The molecule has 0 amide bonds. The fourth-order valence-electron chi connectivity index (χ4n) is 9.20. The zero-order valence-corrected chi connectivity index (χ0v) is 43.4. The van der Waals surface area contributed by atoms with Gasteiger partial charge in [0.25, 0.3) is 0 Å². The summed E-state index contributed by atoms with van der Waals surface area (Å²) in [6.45, 7) is 9.64. The van der Waals surface area contributed by atoms with E-state index in [0.29, 0.717) is 0 Å². The van der Waals surface area contributed by atoms with Crippen molar-refractivity contribution in [3.63, 3.8) is 0 Å². The van der Waals surface area contributed by atoms with Crippen molar-refractivity contribution in [3.05, 3.63) is 0 Å². The van der Waals surface area contributed by atoms with Crippen molar-refractivity contribution in [1.82, 2.24) is 0 Å². The molecule has 0 aliphatic heterocycles. The van der Waals surface area contributed by atoms with Gasteiger partial charge in [-0.15, -0.1) is 0 Å². The Morgan fingerprint density at radius 1 is 0.193 bits per heavy atom. The normalized spacial score (nSPS) is 12.8. The minimum atomic E-state index is -1.43. The molecule has 57 heavy (non-hydrogen) atoms. The molecule has 0 aromatic heterocycles. The van der Waals surface area contributed by atoms with Crippen LogP contribution in [-0.4, -0.2) is 26.2 Å². The van der Waals surface area contributed by atoms with E-state index in [1.54, 1.807) is 0 Å². The van der Waals surface area contributed by atoms with Crippen LogP contribution >= 0.6 is 20.8 Å². The van der Waals surface area contributed by atoms with Crippen LogP contribution < -0.4 is 0 Å². The van der Waals surface area contributed by atoms with Gasteiger partial charge in [-0.2, -0.15) is 0 Å². The maximum atomic E-state index is 4.00. The molecular formula is C55H114BrP. The molecule has 0 radical (unpaired) electrons. The summed E-state index contributed by atoms with van der Waals surface area (Å²) < 4.78 is 0. The number of unbranched alkanes of at least 4 members (excludes halogenated alkanes) is 49. The van der Waals surface area contributed by atoms with Gasteiger partial charge >= 0.3 is 118 Å². The first kappa shape index (κ1) is 57.9. The molecule has 2 heteroatoms. The van der Waals surface area contributed by atoms with Crippen LogP contribution in [0.4, 0.5) is 0 Å². The SMILES string of the molecule is CCCCCCCCCCCCCCCCCCCCCCCCCCCCCCCCCCCCCCCCCCCCCCCCCCCCP(C)(C)(C)Br. The molecule has 0 saturated carbocycles. The van der Waals surface area contributed by atoms with Crippen LogP contribution in [0.25, 0.3) is 0 Å². The second-order valence-electron chi connectivity index (χ2n) is 21.0. The van der Waals surface area contributed by atoms with Crippen LogP contribution in [0.2, 0.25) is 0 Å². The molecule has 0 aliphatic rings. The summed E-state index contributed by atoms with van der Waals surface area (Å²) in [5, 5.41) is -1.43. The summed E-state index contributed by atoms with van der Waals surface area (Å²) in [5.41, 5.74) is 0.